The van der Waals surface area contributed by atoms with Crippen molar-refractivity contribution in [2.45, 2.75) is 26.8 Å². The molecule has 2 heterocycles. The zero-order valence-corrected chi connectivity index (χ0v) is 12.7. The molecule has 1 aromatic rings. The van der Waals surface area contributed by atoms with Crippen molar-refractivity contribution in [3.63, 3.8) is 0 Å². The topological polar surface area (TPSA) is 45.4 Å². The molecule has 2 rings (SSSR count). The van der Waals surface area contributed by atoms with Gasteiger partial charge in [0.15, 0.2) is 0 Å². The molecular weight excluding hydrogens is 256 g/mol. The Bertz CT molecular complexity index is 465. The highest BCUT2D eigenvalue weighted by Gasteiger charge is 2.22. The van der Waals surface area contributed by atoms with Gasteiger partial charge in [0.2, 0.25) is 0 Å². The second kappa shape index (κ2) is 5.84. The molecular formula is C14H22N4S. The van der Waals surface area contributed by atoms with Gasteiger partial charge in [-0.15, -0.1) is 0 Å². The minimum atomic E-state index is 0.425. The molecule has 1 aromatic heterocycles. The number of rotatable bonds is 3. The van der Waals surface area contributed by atoms with Crippen LogP contribution in [0.4, 0.5) is 5.82 Å². The number of anilines is 1. The fourth-order valence-electron chi connectivity index (χ4n) is 2.43. The van der Waals surface area contributed by atoms with Crippen LogP contribution in [0.25, 0.3) is 0 Å². The predicted octanol–water partition coefficient (Wildman–Crippen LogP) is 1.55. The van der Waals surface area contributed by atoms with Crippen LogP contribution >= 0.6 is 12.2 Å². The van der Waals surface area contributed by atoms with E-state index in [2.05, 4.69) is 28.6 Å². The molecule has 0 amide bonds. The Morgan fingerprint density at radius 3 is 2.42 bits per heavy atom. The first-order valence-corrected chi connectivity index (χ1v) is 7.16. The van der Waals surface area contributed by atoms with E-state index < -0.39 is 0 Å². The summed E-state index contributed by atoms with van der Waals surface area (Å²) < 4.78 is 0. The van der Waals surface area contributed by atoms with E-state index in [4.69, 9.17) is 18.0 Å². The molecule has 0 spiro atoms. The third-order valence-electron chi connectivity index (χ3n) is 3.62. The van der Waals surface area contributed by atoms with E-state index in [-0.39, 0.29) is 0 Å². The van der Waals surface area contributed by atoms with Gasteiger partial charge in [-0.3, -0.25) is 4.90 Å². The highest BCUT2D eigenvalue weighted by molar-refractivity contribution is 7.80. The lowest BCUT2D eigenvalue weighted by molar-refractivity contribution is 0.209. The molecule has 0 saturated carbocycles. The summed E-state index contributed by atoms with van der Waals surface area (Å²) in [5.74, 6) is 0.941. The SMILES string of the molecule is Cc1ccc(C(N)=S)c(N2CCN(C(C)C)CC2)n1. The first-order valence-electron chi connectivity index (χ1n) is 6.75. The summed E-state index contributed by atoms with van der Waals surface area (Å²) in [6, 6.07) is 4.54. The van der Waals surface area contributed by atoms with Gasteiger partial charge in [0.1, 0.15) is 10.8 Å². The van der Waals surface area contributed by atoms with Crippen LogP contribution in [0.1, 0.15) is 25.1 Å². The summed E-state index contributed by atoms with van der Waals surface area (Å²) in [6.45, 7) is 10.5. The normalized spacial score (nSPS) is 16.9. The van der Waals surface area contributed by atoms with Gasteiger partial charge in [-0.05, 0) is 32.9 Å². The molecule has 4 nitrogen and oxygen atoms in total. The summed E-state index contributed by atoms with van der Waals surface area (Å²) in [6.07, 6.45) is 0. The molecule has 0 radical (unpaired) electrons. The smallest absolute Gasteiger partial charge is 0.139 e. The molecule has 104 valence electrons. The average Bonchev–Trinajstić information content (AvgIpc) is 2.38. The monoisotopic (exact) mass is 278 g/mol. The van der Waals surface area contributed by atoms with E-state index in [1.54, 1.807) is 0 Å². The van der Waals surface area contributed by atoms with E-state index in [9.17, 15) is 0 Å². The van der Waals surface area contributed by atoms with Crippen molar-refractivity contribution in [3.8, 4) is 0 Å². The third-order valence-corrected chi connectivity index (χ3v) is 3.84. The van der Waals surface area contributed by atoms with Gasteiger partial charge in [-0.1, -0.05) is 12.2 Å². The number of aryl methyl sites for hydroxylation is 1. The first kappa shape index (κ1) is 14.2. The van der Waals surface area contributed by atoms with E-state index in [0.29, 0.717) is 11.0 Å². The Morgan fingerprint density at radius 1 is 1.26 bits per heavy atom. The van der Waals surface area contributed by atoms with Crippen molar-refractivity contribution in [2.75, 3.05) is 31.1 Å². The van der Waals surface area contributed by atoms with Gasteiger partial charge < -0.3 is 10.6 Å². The standard InChI is InChI=1S/C14H22N4S/c1-10(2)17-6-8-18(9-7-17)14-12(13(15)19)5-4-11(3)16-14/h4-5,10H,6-9H2,1-3H3,(H2,15,19). The van der Waals surface area contributed by atoms with Crippen molar-refractivity contribution in [1.29, 1.82) is 0 Å². The second-order valence-corrected chi connectivity index (χ2v) is 5.74. The van der Waals surface area contributed by atoms with Gasteiger partial charge >= 0.3 is 0 Å². The van der Waals surface area contributed by atoms with Crippen molar-refractivity contribution in [2.24, 2.45) is 5.73 Å². The maximum absolute atomic E-state index is 5.80. The van der Waals surface area contributed by atoms with Crippen molar-refractivity contribution >= 4 is 23.0 Å². The summed E-state index contributed by atoms with van der Waals surface area (Å²) in [7, 11) is 0. The lowest BCUT2D eigenvalue weighted by atomic mass is 10.2. The van der Waals surface area contributed by atoms with Gasteiger partial charge in [-0.25, -0.2) is 4.98 Å². The molecule has 1 saturated heterocycles. The van der Waals surface area contributed by atoms with E-state index in [1.807, 2.05) is 19.1 Å². The van der Waals surface area contributed by atoms with E-state index >= 15 is 0 Å². The largest absolute Gasteiger partial charge is 0.389 e. The molecule has 1 fully saturated rings. The Kier molecular flexibility index (Phi) is 4.37. The Labute approximate surface area is 120 Å². The van der Waals surface area contributed by atoms with Crippen LogP contribution in [-0.4, -0.2) is 47.1 Å². The van der Waals surface area contributed by atoms with Gasteiger partial charge in [0.25, 0.3) is 0 Å². The lowest BCUT2D eigenvalue weighted by Crippen LogP contribution is -2.49. The molecule has 5 heteroatoms. The number of thiocarbonyl (C=S) groups is 1. The van der Waals surface area contributed by atoms with Crippen LogP contribution in [0.3, 0.4) is 0 Å². The van der Waals surface area contributed by atoms with Crippen LogP contribution in [0, 0.1) is 6.92 Å². The summed E-state index contributed by atoms with van der Waals surface area (Å²) in [4.78, 5) is 9.82. The van der Waals surface area contributed by atoms with E-state index in [0.717, 1.165) is 43.3 Å². The summed E-state index contributed by atoms with van der Waals surface area (Å²) >= 11 is 5.13. The molecule has 0 aromatic carbocycles. The maximum atomic E-state index is 5.80. The number of aromatic nitrogens is 1. The molecule has 2 N–H and O–H groups in total. The molecule has 19 heavy (non-hydrogen) atoms. The van der Waals surface area contributed by atoms with Crippen LogP contribution in [-0.2, 0) is 0 Å². The van der Waals surface area contributed by atoms with E-state index in [1.165, 1.54) is 0 Å². The fraction of sp³-hybridized carbons (Fsp3) is 0.571. The van der Waals surface area contributed by atoms with Crippen molar-refractivity contribution in [1.82, 2.24) is 9.88 Å². The molecule has 0 aliphatic carbocycles. The quantitative estimate of drug-likeness (QED) is 0.850. The molecule has 1 aliphatic rings. The number of pyridine rings is 1. The molecule has 0 unspecified atom stereocenters. The van der Waals surface area contributed by atoms with Crippen LogP contribution in [0.5, 0.6) is 0 Å². The Hall–Kier alpha value is -1.20. The summed E-state index contributed by atoms with van der Waals surface area (Å²) in [5, 5.41) is 0. The zero-order valence-electron chi connectivity index (χ0n) is 11.9. The van der Waals surface area contributed by atoms with Gasteiger partial charge in [0.05, 0.1) is 5.56 Å². The number of hydrogen-bond acceptors (Lipinski definition) is 4. The second-order valence-electron chi connectivity index (χ2n) is 5.30. The minimum Gasteiger partial charge on any atom is -0.389 e. The zero-order chi connectivity index (χ0) is 14.0. The van der Waals surface area contributed by atoms with Crippen molar-refractivity contribution < 1.29 is 0 Å². The number of piperazine rings is 1. The number of nitrogens with zero attached hydrogens (tertiary/aromatic N) is 3. The van der Waals surface area contributed by atoms with Crippen LogP contribution in [0.2, 0.25) is 0 Å². The Morgan fingerprint density at radius 2 is 1.89 bits per heavy atom. The molecule has 1 aliphatic heterocycles. The minimum absolute atomic E-state index is 0.425. The van der Waals surface area contributed by atoms with Gasteiger partial charge in [-0.2, -0.15) is 0 Å². The first-order chi connectivity index (χ1) is 8.99. The van der Waals surface area contributed by atoms with Crippen molar-refractivity contribution in [3.05, 3.63) is 23.4 Å². The van der Waals surface area contributed by atoms with Crippen LogP contribution < -0.4 is 10.6 Å². The molecule has 0 atom stereocenters. The number of hydrogen-bond donors (Lipinski definition) is 1. The predicted molar refractivity (Wildman–Crippen MR) is 83.8 cm³/mol. The Balaban J connectivity index is 2.19. The average molecular weight is 278 g/mol. The summed E-state index contributed by atoms with van der Waals surface area (Å²) in [5.41, 5.74) is 7.69. The van der Waals surface area contributed by atoms with Gasteiger partial charge in [0, 0.05) is 37.9 Å². The highest BCUT2D eigenvalue weighted by Crippen LogP contribution is 2.20. The molecule has 0 bridgehead atoms. The third kappa shape index (κ3) is 3.22. The fourth-order valence-corrected chi connectivity index (χ4v) is 2.59. The lowest BCUT2D eigenvalue weighted by Gasteiger charge is -2.38. The highest BCUT2D eigenvalue weighted by atomic mass is 32.1. The number of nitrogens with two attached hydrogens (primary N) is 1. The maximum Gasteiger partial charge on any atom is 0.139 e. The van der Waals surface area contributed by atoms with Crippen LogP contribution in [0.15, 0.2) is 12.1 Å².